The molecule has 0 radical (unpaired) electrons. The van der Waals surface area contributed by atoms with E-state index in [2.05, 4.69) is 22.8 Å². The first-order chi connectivity index (χ1) is 16.6. The molecule has 0 fully saturated rings. The Morgan fingerprint density at radius 3 is 2.06 bits per heavy atom. The number of ether oxygens (including phenoxy) is 1. The summed E-state index contributed by atoms with van der Waals surface area (Å²) in [6.45, 7) is 1.83. The molecular formula is C26H37N3O5. The van der Waals surface area contributed by atoms with Gasteiger partial charge in [-0.05, 0) is 50.7 Å². The molecule has 0 aromatic heterocycles. The minimum atomic E-state index is -0.605. The average molecular weight is 472 g/mol. The second kappa shape index (κ2) is 15.8. The number of allylic oxidation sites excluding steroid dienone is 2. The number of carbonyl (C=O) groups is 4. The molecule has 8 heteroatoms. The Morgan fingerprint density at radius 1 is 0.824 bits per heavy atom. The second-order valence-corrected chi connectivity index (χ2v) is 8.28. The zero-order valence-electron chi connectivity index (χ0n) is 20.1. The molecule has 4 amide bonds. The summed E-state index contributed by atoms with van der Waals surface area (Å²) in [5.41, 5.74) is 0.957. The number of fused-ring (bicyclic) bond motifs is 1. The van der Waals surface area contributed by atoms with Gasteiger partial charge in [-0.1, -0.05) is 43.5 Å². The SMILES string of the molecule is CNC(=O)C(=O)NCCCC/C=C\CCCCCCCOCCN1C(=O)c2ccccc2C1=O. The van der Waals surface area contributed by atoms with Crippen LogP contribution in [0, 0.1) is 0 Å². The van der Waals surface area contributed by atoms with Crippen molar-refractivity contribution in [2.75, 3.05) is 33.4 Å². The quantitative estimate of drug-likeness (QED) is 0.167. The molecule has 1 aliphatic rings. The van der Waals surface area contributed by atoms with E-state index in [-0.39, 0.29) is 11.8 Å². The van der Waals surface area contributed by atoms with Crippen molar-refractivity contribution in [3.05, 3.63) is 47.5 Å². The maximum absolute atomic E-state index is 12.3. The van der Waals surface area contributed by atoms with E-state index in [9.17, 15) is 19.2 Å². The zero-order chi connectivity index (χ0) is 24.6. The Kier molecular flexibility index (Phi) is 12.6. The molecule has 0 spiro atoms. The number of likely N-dealkylation sites (N-methyl/N-ethyl adjacent to an activating group) is 1. The molecule has 1 heterocycles. The zero-order valence-corrected chi connectivity index (χ0v) is 20.1. The summed E-state index contributed by atoms with van der Waals surface area (Å²) in [6.07, 6.45) is 13.9. The fourth-order valence-corrected chi connectivity index (χ4v) is 3.72. The summed E-state index contributed by atoms with van der Waals surface area (Å²) in [5, 5.41) is 4.88. The van der Waals surface area contributed by atoms with E-state index in [1.165, 1.54) is 31.2 Å². The average Bonchev–Trinajstić information content (AvgIpc) is 3.10. The van der Waals surface area contributed by atoms with Crippen LogP contribution in [0.4, 0.5) is 0 Å². The lowest BCUT2D eigenvalue weighted by Gasteiger charge is -2.13. The Morgan fingerprint density at radius 2 is 1.41 bits per heavy atom. The predicted octanol–water partition coefficient (Wildman–Crippen LogP) is 3.23. The number of imide groups is 1. The van der Waals surface area contributed by atoms with Gasteiger partial charge in [-0.3, -0.25) is 24.1 Å². The summed E-state index contributed by atoms with van der Waals surface area (Å²) in [7, 11) is 1.44. The molecule has 2 N–H and O–H groups in total. The number of benzene rings is 1. The third kappa shape index (κ3) is 9.09. The van der Waals surface area contributed by atoms with Crippen LogP contribution < -0.4 is 10.6 Å². The van der Waals surface area contributed by atoms with Gasteiger partial charge >= 0.3 is 11.8 Å². The van der Waals surface area contributed by atoms with Crippen LogP contribution >= 0.6 is 0 Å². The summed E-state index contributed by atoms with van der Waals surface area (Å²) in [4.78, 5) is 48.1. The summed E-state index contributed by atoms with van der Waals surface area (Å²) in [6, 6.07) is 6.91. The van der Waals surface area contributed by atoms with Crippen molar-refractivity contribution in [1.82, 2.24) is 15.5 Å². The Balaban J connectivity index is 1.36. The minimum Gasteiger partial charge on any atom is -0.380 e. The van der Waals surface area contributed by atoms with Crippen molar-refractivity contribution >= 4 is 23.6 Å². The molecule has 186 valence electrons. The van der Waals surface area contributed by atoms with E-state index in [0.717, 1.165) is 38.5 Å². The molecule has 34 heavy (non-hydrogen) atoms. The lowest BCUT2D eigenvalue weighted by molar-refractivity contribution is -0.138. The normalized spacial score (nSPS) is 12.9. The first-order valence-electron chi connectivity index (χ1n) is 12.2. The Hall–Kier alpha value is -3.00. The molecule has 2 rings (SSSR count). The van der Waals surface area contributed by atoms with E-state index < -0.39 is 11.8 Å². The van der Waals surface area contributed by atoms with Crippen LogP contribution in [0.2, 0.25) is 0 Å². The molecule has 0 atom stereocenters. The molecule has 1 aromatic rings. The fourth-order valence-electron chi connectivity index (χ4n) is 3.72. The maximum Gasteiger partial charge on any atom is 0.309 e. The number of hydrogen-bond acceptors (Lipinski definition) is 5. The van der Waals surface area contributed by atoms with Crippen molar-refractivity contribution in [3.63, 3.8) is 0 Å². The second-order valence-electron chi connectivity index (χ2n) is 8.28. The summed E-state index contributed by atoms with van der Waals surface area (Å²) in [5.74, 6) is -1.65. The lowest BCUT2D eigenvalue weighted by atomic mass is 10.1. The van der Waals surface area contributed by atoms with Gasteiger partial charge in [0.25, 0.3) is 11.8 Å². The van der Waals surface area contributed by atoms with E-state index in [1.54, 1.807) is 24.3 Å². The molecule has 0 bridgehead atoms. The number of rotatable bonds is 16. The number of hydrogen-bond donors (Lipinski definition) is 2. The van der Waals surface area contributed by atoms with Gasteiger partial charge in [0.15, 0.2) is 0 Å². The highest BCUT2D eigenvalue weighted by Gasteiger charge is 2.34. The van der Waals surface area contributed by atoms with E-state index in [1.807, 2.05) is 0 Å². The first-order valence-corrected chi connectivity index (χ1v) is 12.2. The van der Waals surface area contributed by atoms with Crippen LogP contribution in [0.1, 0.15) is 78.5 Å². The van der Waals surface area contributed by atoms with Crippen LogP contribution in [0.25, 0.3) is 0 Å². The van der Waals surface area contributed by atoms with E-state index in [0.29, 0.717) is 37.4 Å². The molecule has 1 aromatic carbocycles. The van der Waals surface area contributed by atoms with Gasteiger partial charge in [0, 0.05) is 20.2 Å². The number of unbranched alkanes of at least 4 members (excludes halogenated alkanes) is 7. The van der Waals surface area contributed by atoms with Crippen molar-refractivity contribution in [2.45, 2.75) is 57.8 Å². The minimum absolute atomic E-state index is 0.232. The number of nitrogens with one attached hydrogen (secondary N) is 2. The van der Waals surface area contributed by atoms with E-state index >= 15 is 0 Å². The molecular weight excluding hydrogens is 434 g/mol. The third-order valence-corrected chi connectivity index (χ3v) is 5.68. The predicted molar refractivity (Wildman–Crippen MR) is 130 cm³/mol. The smallest absolute Gasteiger partial charge is 0.309 e. The molecule has 0 unspecified atom stereocenters. The highest BCUT2D eigenvalue weighted by atomic mass is 16.5. The van der Waals surface area contributed by atoms with Crippen molar-refractivity contribution < 1.29 is 23.9 Å². The van der Waals surface area contributed by atoms with Gasteiger partial charge in [0.1, 0.15) is 0 Å². The first kappa shape index (κ1) is 27.2. The van der Waals surface area contributed by atoms with Crippen LogP contribution in [-0.2, 0) is 14.3 Å². The maximum atomic E-state index is 12.3. The van der Waals surface area contributed by atoms with Gasteiger partial charge in [-0.2, -0.15) is 0 Å². The van der Waals surface area contributed by atoms with Crippen molar-refractivity contribution in [1.29, 1.82) is 0 Å². The molecule has 0 aliphatic carbocycles. The fraction of sp³-hybridized carbons (Fsp3) is 0.538. The van der Waals surface area contributed by atoms with Crippen LogP contribution in [0.15, 0.2) is 36.4 Å². The van der Waals surface area contributed by atoms with Gasteiger partial charge in [-0.15, -0.1) is 0 Å². The van der Waals surface area contributed by atoms with Crippen molar-refractivity contribution in [2.24, 2.45) is 0 Å². The van der Waals surface area contributed by atoms with Crippen LogP contribution in [-0.4, -0.2) is 61.9 Å². The Bertz CT molecular complexity index is 818. The molecule has 0 saturated carbocycles. The third-order valence-electron chi connectivity index (χ3n) is 5.68. The highest BCUT2D eigenvalue weighted by Crippen LogP contribution is 2.21. The van der Waals surface area contributed by atoms with Gasteiger partial charge in [0.2, 0.25) is 0 Å². The standard InChI is InChI=1S/C26H37N3O5/c1-27-23(30)24(31)28-17-13-9-7-5-3-2-4-6-8-10-14-19-34-20-18-29-25(32)21-15-11-12-16-22(21)26(29)33/h3,5,11-12,15-16H,2,4,6-10,13-14,17-20H2,1H3,(H,27,30)(H,28,31)/b5-3-. The highest BCUT2D eigenvalue weighted by molar-refractivity contribution is 6.35. The van der Waals surface area contributed by atoms with Crippen molar-refractivity contribution in [3.8, 4) is 0 Å². The number of nitrogens with zero attached hydrogens (tertiary/aromatic N) is 1. The summed E-state index contributed by atoms with van der Waals surface area (Å²) < 4.78 is 5.62. The van der Waals surface area contributed by atoms with E-state index in [4.69, 9.17) is 4.74 Å². The topological polar surface area (TPSA) is 105 Å². The van der Waals surface area contributed by atoms with Gasteiger partial charge in [0.05, 0.1) is 24.3 Å². The number of carbonyl (C=O) groups excluding carboxylic acids is 4. The van der Waals surface area contributed by atoms with Crippen LogP contribution in [0.5, 0.6) is 0 Å². The van der Waals surface area contributed by atoms with Gasteiger partial charge in [-0.25, -0.2) is 0 Å². The molecule has 8 nitrogen and oxygen atoms in total. The molecule has 0 saturated heterocycles. The molecule has 1 aliphatic heterocycles. The van der Waals surface area contributed by atoms with Crippen LogP contribution in [0.3, 0.4) is 0 Å². The Labute approximate surface area is 202 Å². The van der Waals surface area contributed by atoms with Gasteiger partial charge < -0.3 is 15.4 Å². The number of amides is 4. The summed E-state index contributed by atoms with van der Waals surface area (Å²) >= 11 is 0. The monoisotopic (exact) mass is 471 g/mol. The lowest BCUT2D eigenvalue weighted by Crippen LogP contribution is -2.38. The largest absolute Gasteiger partial charge is 0.380 e.